The number of aromatic nitrogens is 2. The topological polar surface area (TPSA) is 81.7 Å². The van der Waals surface area contributed by atoms with E-state index in [4.69, 9.17) is 10.5 Å². The molecule has 0 unspecified atom stereocenters. The second-order valence-electron chi connectivity index (χ2n) is 6.92. The van der Waals surface area contributed by atoms with Crippen LogP contribution in [0.15, 0.2) is 60.8 Å². The first-order valence-corrected chi connectivity index (χ1v) is 9.62. The fourth-order valence-electron chi connectivity index (χ4n) is 3.36. The van der Waals surface area contributed by atoms with Gasteiger partial charge in [-0.2, -0.15) is 0 Å². The molecule has 8 heteroatoms. The van der Waals surface area contributed by atoms with Gasteiger partial charge >= 0.3 is 0 Å². The van der Waals surface area contributed by atoms with Gasteiger partial charge in [-0.05, 0) is 42.8 Å². The maximum Gasteiger partial charge on any atom is 0.274 e. The van der Waals surface area contributed by atoms with E-state index in [9.17, 15) is 13.6 Å². The molecule has 0 aliphatic rings. The fourth-order valence-corrected chi connectivity index (χ4v) is 3.36. The number of carbonyl (C=O) groups excluding carboxylic acids is 1. The monoisotopic (exact) mass is 422 g/mol. The predicted octanol–water partition coefficient (Wildman–Crippen LogP) is 4.21. The molecule has 3 N–H and O–H groups in total. The average molecular weight is 422 g/mol. The van der Waals surface area contributed by atoms with Crippen molar-refractivity contribution >= 4 is 17.2 Å². The summed E-state index contributed by atoms with van der Waals surface area (Å²) in [6.07, 6.45) is 1.68. The lowest BCUT2D eigenvalue weighted by Crippen LogP contribution is -2.17. The summed E-state index contributed by atoms with van der Waals surface area (Å²) < 4.78 is 35.1. The summed E-state index contributed by atoms with van der Waals surface area (Å²) >= 11 is 0. The van der Waals surface area contributed by atoms with Gasteiger partial charge < -0.3 is 15.8 Å². The minimum atomic E-state index is -0.690. The van der Waals surface area contributed by atoms with E-state index in [0.29, 0.717) is 28.5 Å². The van der Waals surface area contributed by atoms with Crippen LogP contribution in [-0.4, -0.2) is 15.3 Å². The molecule has 31 heavy (non-hydrogen) atoms. The molecule has 6 nitrogen and oxygen atoms in total. The molecule has 2 heterocycles. The van der Waals surface area contributed by atoms with Gasteiger partial charge in [0.15, 0.2) is 11.4 Å². The standard InChI is InChI=1S/C23H20F2N4O2/c1-14-21(23(30)28-19-9-3-2-6-15(19)12-26)29-11-5-10-20(22(29)27-14)31-13-16-17(24)7-4-8-18(16)25/h2-11H,12-13,26H2,1H3,(H,28,30). The largest absolute Gasteiger partial charge is 0.485 e. The molecule has 0 spiro atoms. The molecule has 0 saturated heterocycles. The highest BCUT2D eigenvalue weighted by atomic mass is 19.1. The lowest BCUT2D eigenvalue weighted by Gasteiger charge is -2.11. The van der Waals surface area contributed by atoms with Gasteiger partial charge in [-0.25, -0.2) is 13.8 Å². The van der Waals surface area contributed by atoms with Gasteiger partial charge in [-0.3, -0.25) is 9.20 Å². The minimum Gasteiger partial charge on any atom is -0.485 e. The Bertz CT molecular complexity index is 1250. The first-order chi connectivity index (χ1) is 15.0. The third-order valence-corrected chi connectivity index (χ3v) is 4.92. The van der Waals surface area contributed by atoms with Crippen molar-refractivity contribution in [3.63, 3.8) is 0 Å². The van der Waals surface area contributed by atoms with Gasteiger partial charge in [0.2, 0.25) is 0 Å². The van der Waals surface area contributed by atoms with Crippen LogP contribution in [0.1, 0.15) is 27.3 Å². The summed E-state index contributed by atoms with van der Waals surface area (Å²) in [4.78, 5) is 17.4. The number of hydrogen-bond acceptors (Lipinski definition) is 4. The van der Waals surface area contributed by atoms with E-state index in [1.165, 1.54) is 18.2 Å². The van der Waals surface area contributed by atoms with Crippen molar-refractivity contribution in [3.8, 4) is 5.75 Å². The van der Waals surface area contributed by atoms with Crippen LogP contribution >= 0.6 is 0 Å². The summed E-state index contributed by atoms with van der Waals surface area (Å²) in [6.45, 7) is 1.68. The van der Waals surface area contributed by atoms with Crippen molar-refractivity contribution in [1.82, 2.24) is 9.38 Å². The number of imidazole rings is 1. The first-order valence-electron chi connectivity index (χ1n) is 9.62. The minimum absolute atomic E-state index is 0.177. The molecule has 158 valence electrons. The third-order valence-electron chi connectivity index (χ3n) is 4.92. The van der Waals surface area contributed by atoms with Crippen molar-refractivity contribution in [2.24, 2.45) is 5.73 Å². The molecular weight excluding hydrogens is 402 g/mol. The number of fused-ring (bicyclic) bond motifs is 1. The highest BCUT2D eigenvalue weighted by Crippen LogP contribution is 2.25. The van der Waals surface area contributed by atoms with Gasteiger partial charge in [0.25, 0.3) is 5.91 Å². The number of aryl methyl sites for hydroxylation is 1. The Labute approximate surface area is 177 Å². The Hall–Kier alpha value is -3.78. The van der Waals surface area contributed by atoms with Crippen molar-refractivity contribution in [2.45, 2.75) is 20.1 Å². The zero-order valence-corrected chi connectivity index (χ0v) is 16.7. The second kappa shape index (κ2) is 8.53. The SMILES string of the molecule is Cc1nc2c(OCc3c(F)cccc3F)cccn2c1C(=O)Nc1ccccc1CN. The molecular formula is C23H20F2N4O2. The molecule has 0 saturated carbocycles. The van der Waals surface area contributed by atoms with Gasteiger partial charge in [-0.1, -0.05) is 24.3 Å². The van der Waals surface area contributed by atoms with E-state index in [1.807, 2.05) is 18.2 Å². The first kappa shape index (κ1) is 20.5. The number of rotatable bonds is 6. The fraction of sp³-hybridized carbons (Fsp3) is 0.130. The average Bonchev–Trinajstić information content (AvgIpc) is 3.10. The Morgan fingerprint density at radius 2 is 1.84 bits per heavy atom. The second-order valence-corrected chi connectivity index (χ2v) is 6.92. The molecule has 0 aliphatic heterocycles. The molecule has 2 aromatic carbocycles. The lowest BCUT2D eigenvalue weighted by atomic mass is 10.1. The van der Waals surface area contributed by atoms with Crippen molar-refractivity contribution in [2.75, 3.05) is 5.32 Å². The van der Waals surface area contributed by atoms with Crippen LogP contribution in [0, 0.1) is 18.6 Å². The zero-order chi connectivity index (χ0) is 22.0. The van der Waals surface area contributed by atoms with Crippen LogP contribution in [0.25, 0.3) is 5.65 Å². The normalized spacial score (nSPS) is 11.0. The number of ether oxygens (including phenoxy) is 1. The van der Waals surface area contributed by atoms with Gasteiger partial charge in [0, 0.05) is 18.4 Å². The predicted molar refractivity (Wildman–Crippen MR) is 113 cm³/mol. The Kier molecular flexibility index (Phi) is 5.64. The number of para-hydroxylation sites is 1. The van der Waals surface area contributed by atoms with Crippen LogP contribution in [-0.2, 0) is 13.2 Å². The van der Waals surface area contributed by atoms with E-state index < -0.39 is 11.6 Å². The highest BCUT2D eigenvalue weighted by molar-refractivity contribution is 6.05. The summed E-state index contributed by atoms with van der Waals surface area (Å²) in [5.74, 6) is -1.44. The Balaban J connectivity index is 1.65. The smallest absolute Gasteiger partial charge is 0.274 e. The van der Waals surface area contributed by atoms with Crippen LogP contribution in [0.4, 0.5) is 14.5 Å². The molecule has 2 aromatic heterocycles. The third kappa shape index (κ3) is 3.97. The summed E-state index contributed by atoms with van der Waals surface area (Å²) in [6, 6.07) is 14.2. The molecule has 1 amide bonds. The number of carbonyl (C=O) groups is 1. The number of pyridine rings is 1. The molecule has 0 bridgehead atoms. The maximum absolute atomic E-state index is 13.9. The van der Waals surface area contributed by atoms with Crippen LogP contribution in [0.2, 0.25) is 0 Å². The molecule has 0 atom stereocenters. The number of amides is 1. The van der Waals surface area contributed by atoms with Gasteiger partial charge in [-0.15, -0.1) is 0 Å². The van der Waals surface area contributed by atoms with E-state index in [2.05, 4.69) is 10.3 Å². The quantitative estimate of drug-likeness (QED) is 0.488. The van der Waals surface area contributed by atoms with Crippen LogP contribution in [0.5, 0.6) is 5.75 Å². The molecule has 4 rings (SSSR count). The van der Waals surface area contributed by atoms with Crippen LogP contribution in [0.3, 0.4) is 0 Å². The van der Waals surface area contributed by atoms with E-state index in [1.54, 1.807) is 35.7 Å². The van der Waals surface area contributed by atoms with Crippen molar-refractivity contribution in [3.05, 3.63) is 94.9 Å². The van der Waals surface area contributed by atoms with E-state index in [-0.39, 0.29) is 24.6 Å². The van der Waals surface area contributed by atoms with Crippen LogP contribution < -0.4 is 15.8 Å². The van der Waals surface area contributed by atoms with Gasteiger partial charge in [0.1, 0.15) is 23.9 Å². The maximum atomic E-state index is 13.9. The van der Waals surface area contributed by atoms with E-state index >= 15 is 0 Å². The number of nitrogens with two attached hydrogens (primary N) is 1. The Morgan fingerprint density at radius 3 is 2.58 bits per heavy atom. The highest BCUT2D eigenvalue weighted by Gasteiger charge is 2.20. The molecule has 4 aromatic rings. The van der Waals surface area contributed by atoms with Crippen molar-refractivity contribution in [1.29, 1.82) is 0 Å². The zero-order valence-electron chi connectivity index (χ0n) is 16.7. The molecule has 0 radical (unpaired) electrons. The summed E-state index contributed by atoms with van der Waals surface area (Å²) in [7, 11) is 0. The number of anilines is 1. The van der Waals surface area contributed by atoms with E-state index in [0.717, 1.165) is 5.56 Å². The summed E-state index contributed by atoms with van der Waals surface area (Å²) in [5.41, 5.74) is 8.17. The number of halogens is 2. The van der Waals surface area contributed by atoms with Gasteiger partial charge in [0.05, 0.1) is 11.3 Å². The van der Waals surface area contributed by atoms with Crippen molar-refractivity contribution < 1.29 is 18.3 Å². The number of benzene rings is 2. The molecule has 0 aliphatic carbocycles. The Morgan fingerprint density at radius 1 is 1.10 bits per heavy atom. The molecule has 0 fully saturated rings. The number of nitrogens with one attached hydrogen (secondary N) is 1. The number of hydrogen-bond donors (Lipinski definition) is 2. The number of nitrogens with zero attached hydrogens (tertiary/aromatic N) is 2. The summed E-state index contributed by atoms with van der Waals surface area (Å²) in [5, 5.41) is 2.87. The lowest BCUT2D eigenvalue weighted by molar-refractivity contribution is 0.102.